The molecule has 0 saturated heterocycles. The van der Waals surface area contributed by atoms with Crippen LogP contribution in [0.25, 0.3) is 10.8 Å². The highest BCUT2D eigenvalue weighted by molar-refractivity contribution is 5.91. The molecule has 0 aliphatic heterocycles. The van der Waals surface area contributed by atoms with Gasteiger partial charge >= 0.3 is 0 Å². The summed E-state index contributed by atoms with van der Waals surface area (Å²) in [7, 11) is 1.70. The average Bonchev–Trinajstić information content (AvgIpc) is 2.70. The third kappa shape index (κ3) is 4.43. The second kappa shape index (κ2) is 8.47. The Morgan fingerprint density at radius 2 is 1.71 bits per heavy atom. The van der Waals surface area contributed by atoms with Crippen LogP contribution < -0.4 is 10.9 Å². The molecule has 0 bridgehead atoms. The van der Waals surface area contributed by atoms with E-state index >= 15 is 0 Å². The lowest BCUT2D eigenvalue weighted by molar-refractivity contribution is -0.135. The number of carbonyl (C=O) groups excluding carboxylic acids is 2. The summed E-state index contributed by atoms with van der Waals surface area (Å²) in [4.78, 5) is 38.4. The summed E-state index contributed by atoms with van der Waals surface area (Å²) >= 11 is 0. The smallest absolute Gasteiger partial charge is 0.272 e. The predicted octanol–water partition coefficient (Wildman–Crippen LogP) is 1.63. The number of amides is 2. The van der Waals surface area contributed by atoms with Crippen LogP contribution in [-0.4, -0.2) is 40.0 Å². The van der Waals surface area contributed by atoms with Crippen LogP contribution in [0.4, 0.5) is 0 Å². The van der Waals surface area contributed by atoms with Crippen LogP contribution in [0.1, 0.15) is 18.2 Å². The molecular formula is C21H22N4O3. The number of aromatic amines is 1. The highest BCUT2D eigenvalue weighted by atomic mass is 16.2. The van der Waals surface area contributed by atoms with Gasteiger partial charge in [-0.15, -0.1) is 0 Å². The van der Waals surface area contributed by atoms with Gasteiger partial charge in [0.15, 0.2) is 0 Å². The fourth-order valence-electron chi connectivity index (χ4n) is 3.08. The van der Waals surface area contributed by atoms with Gasteiger partial charge in [0.25, 0.3) is 5.56 Å². The molecule has 2 N–H and O–H groups in total. The number of H-pyrrole nitrogens is 1. The van der Waals surface area contributed by atoms with Gasteiger partial charge in [-0.1, -0.05) is 48.5 Å². The summed E-state index contributed by atoms with van der Waals surface area (Å²) in [6.07, 6.45) is -0.0304. The van der Waals surface area contributed by atoms with Crippen molar-refractivity contribution in [2.24, 2.45) is 0 Å². The Morgan fingerprint density at radius 1 is 1.07 bits per heavy atom. The van der Waals surface area contributed by atoms with Crippen LogP contribution in [0, 0.1) is 0 Å². The first-order chi connectivity index (χ1) is 13.5. The van der Waals surface area contributed by atoms with Crippen molar-refractivity contribution in [2.75, 3.05) is 7.05 Å². The Morgan fingerprint density at radius 3 is 2.43 bits per heavy atom. The molecule has 1 aromatic heterocycles. The normalized spacial score (nSPS) is 11.8. The third-order valence-electron chi connectivity index (χ3n) is 4.49. The Labute approximate surface area is 162 Å². The molecular weight excluding hydrogens is 356 g/mol. The molecule has 144 valence electrons. The van der Waals surface area contributed by atoms with Gasteiger partial charge in [-0.2, -0.15) is 5.10 Å². The summed E-state index contributed by atoms with van der Waals surface area (Å²) < 4.78 is 0. The summed E-state index contributed by atoms with van der Waals surface area (Å²) in [5, 5.41) is 10.2. The topological polar surface area (TPSA) is 95.2 Å². The molecule has 1 atom stereocenters. The first kappa shape index (κ1) is 19.3. The van der Waals surface area contributed by atoms with E-state index in [1.165, 1.54) is 0 Å². The number of aromatic nitrogens is 2. The number of hydrogen-bond acceptors (Lipinski definition) is 4. The number of nitrogens with zero attached hydrogens (tertiary/aromatic N) is 2. The number of hydrogen-bond donors (Lipinski definition) is 2. The summed E-state index contributed by atoms with van der Waals surface area (Å²) in [6, 6.07) is 15.9. The molecule has 28 heavy (non-hydrogen) atoms. The molecule has 3 aromatic rings. The van der Waals surface area contributed by atoms with E-state index in [4.69, 9.17) is 0 Å². The third-order valence-corrected chi connectivity index (χ3v) is 4.49. The van der Waals surface area contributed by atoms with Crippen molar-refractivity contribution in [1.82, 2.24) is 20.4 Å². The fourth-order valence-corrected chi connectivity index (χ4v) is 3.08. The molecule has 0 fully saturated rings. The van der Waals surface area contributed by atoms with E-state index in [2.05, 4.69) is 15.5 Å². The second-order valence-corrected chi connectivity index (χ2v) is 6.69. The van der Waals surface area contributed by atoms with Crippen molar-refractivity contribution in [3.8, 4) is 0 Å². The summed E-state index contributed by atoms with van der Waals surface area (Å²) in [5.74, 6) is -0.518. The average molecular weight is 378 g/mol. The summed E-state index contributed by atoms with van der Waals surface area (Å²) in [6.45, 7) is 2.12. The number of benzene rings is 2. The number of rotatable bonds is 6. The van der Waals surface area contributed by atoms with Crippen LogP contribution in [0.2, 0.25) is 0 Å². The van der Waals surface area contributed by atoms with Crippen LogP contribution in [0.5, 0.6) is 0 Å². The van der Waals surface area contributed by atoms with Gasteiger partial charge in [0.05, 0.1) is 17.5 Å². The minimum Gasteiger partial charge on any atom is -0.344 e. The molecule has 0 spiro atoms. The lowest BCUT2D eigenvalue weighted by Gasteiger charge is -2.22. The van der Waals surface area contributed by atoms with E-state index in [1.54, 1.807) is 43.1 Å². The van der Waals surface area contributed by atoms with Crippen molar-refractivity contribution in [3.63, 3.8) is 0 Å². The monoisotopic (exact) mass is 378 g/mol. The Kier molecular flexibility index (Phi) is 5.84. The zero-order valence-corrected chi connectivity index (χ0v) is 15.8. The standard InChI is InChI=1S/C21H22N4O3/c1-14(21(28)25(2)13-15-8-4-3-5-9-15)22-19(26)12-18-16-10-6-7-11-17(16)20(27)24-23-18/h3-11,14H,12-13H2,1-2H3,(H,22,26)(H,24,27). The largest absolute Gasteiger partial charge is 0.344 e. The number of nitrogens with one attached hydrogen (secondary N) is 2. The van der Waals surface area contributed by atoms with Crippen LogP contribution >= 0.6 is 0 Å². The van der Waals surface area contributed by atoms with Crippen molar-refractivity contribution < 1.29 is 9.59 Å². The van der Waals surface area contributed by atoms with Gasteiger partial charge in [-0.05, 0) is 18.6 Å². The highest BCUT2D eigenvalue weighted by Gasteiger charge is 2.20. The molecule has 7 heteroatoms. The number of fused-ring (bicyclic) bond motifs is 1. The first-order valence-electron chi connectivity index (χ1n) is 9.00. The van der Waals surface area contributed by atoms with Crippen LogP contribution in [-0.2, 0) is 22.6 Å². The molecule has 2 amide bonds. The molecule has 2 aromatic carbocycles. The van der Waals surface area contributed by atoms with Gasteiger partial charge in [0, 0.05) is 19.0 Å². The molecule has 7 nitrogen and oxygen atoms in total. The van der Waals surface area contributed by atoms with Crippen LogP contribution in [0.3, 0.4) is 0 Å². The van der Waals surface area contributed by atoms with E-state index in [-0.39, 0.29) is 23.8 Å². The van der Waals surface area contributed by atoms with Crippen LogP contribution in [0.15, 0.2) is 59.4 Å². The predicted molar refractivity (Wildman–Crippen MR) is 107 cm³/mol. The lowest BCUT2D eigenvalue weighted by atomic mass is 10.1. The first-order valence-corrected chi connectivity index (χ1v) is 9.00. The maximum atomic E-state index is 12.5. The minimum absolute atomic E-state index is 0.0304. The van der Waals surface area contributed by atoms with Gasteiger partial charge < -0.3 is 10.2 Å². The lowest BCUT2D eigenvalue weighted by Crippen LogP contribution is -2.45. The molecule has 0 radical (unpaired) electrons. The van der Waals surface area contributed by atoms with E-state index in [0.29, 0.717) is 23.0 Å². The molecule has 0 saturated carbocycles. The van der Waals surface area contributed by atoms with Gasteiger partial charge in [0.2, 0.25) is 11.8 Å². The maximum absolute atomic E-state index is 12.5. The maximum Gasteiger partial charge on any atom is 0.272 e. The van der Waals surface area contributed by atoms with E-state index in [9.17, 15) is 14.4 Å². The zero-order chi connectivity index (χ0) is 20.1. The molecule has 0 aliphatic rings. The van der Waals surface area contributed by atoms with Gasteiger partial charge in [0.1, 0.15) is 6.04 Å². The molecule has 3 rings (SSSR count). The quantitative estimate of drug-likeness (QED) is 0.682. The second-order valence-electron chi connectivity index (χ2n) is 6.69. The Balaban J connectivity index is 1.64. The summed E-state index contributed by atoms with van der Waals surface area (Å²) in [5.41, 5.74) is 1.18. The molecule has 1 heterocycles. The van der Waals surface area contributed by atoms with Crippen molar-refractivity contribution in [2.45, 2.75) is 25.9 Å². The zero-order valence-electron chi connectivity index (χ0n) is 15.8. The van der Waals surface area contributed by atoms with Crippen molar-refractivity contribution in [3.05, 3.63) is 76.2 Å². The fraction of sp³-hybridized carbons (Fsp3) is 0.238. The van der Waals surface area contributed by atoms with E-state index < -0.39 is 6.04 Å². The van der Waals surface area contributed by atoms with E-state index in [0.717, 1.165) is 5.56 Å². The van der Waals surface area contributed by atoms with Crippen molar-refractivity contribution in [1.29, 1.82) is 0 Å². The Bertz CT molecular complexity index is 1050. The van der Waals surface area contributed by atoms with Crippen molar-refractivity contribution >= 4 is 22.6 Å². The van der Waals surface area contributed by atoms with Gasteiger partial charge in [-0.25, -0.2) is 5.10 Å². The van der Waals surface area contributed by atoms with E-state index in [1.807, 2.05) is 30.3 Å². The van der Waals surface area contributed by atoms with Gasteiger partial charge in [-0.3, -0.25) is 14.4 Å². The minimum atomic E-state index is -0.671. The molecule has 1 unspecified atom stereocenters. The number of carbonyl (C=O) groups is 2. The number of likely N-dealkylation sites (N-methyl/N-ethyl adjacent to an activating group) is 1. The molecule has 0 aliphatic carbocycles. The highest BCUT2D eigenvalue weighted by Crippen LogP contribution is 2.13. The Hall–Kier alpha value is -3.48. The SMILES string of the molecule is CC(NC(=O)Cc1n[nH]c(=O)c2ccccc12)C(=O)N(C)Cc1ccccc1.